The minimum atomic E-state index is -3.00. The summed E-state index contributed by atoms with van der Waals surface area (Å²) < 4.78 is 26.4. The number of halogens is 1. The molecule has 8 heteroatoms. The van der Waals surface area contributed by atoms with Gasteiger partial charge in [0.05, 0.1) is 17.5 Å². The summed E-state index contributed by atoms with van der Waals surface area (Å²) in [5, 5.41) is 7.37. The zero-order valence-electron chi connectivity index (χ0n) is 14.4. The Labute approximate surface area is 161 Å². The highest BCUT2D eigenvalue weighted by Crippen LogP contribution is 2.42. The maximum absolute atomic E-state index is 12.6. The number of nitrogens with zero attached hydrogens (tertiary/aromatic N) is 2. The van der Waals surface area contributed by atoms with Crippen molar-refractivity contribution in [1.29, 1.82) is 0 Å². The van der Waals surface area contributed by atoms with Gasteiger partial charge >= 0.3 is 0 Å². The van der Waals surface area contributed by atoms with E-state index >= 15 is 0 Å². The molecule has 1 N–H and O–H groups in total. The number of amides is 1. The number of rotatable bonds is 4. The van der Waals surface area contributed by atoms with Crippen LogP contribution in [0.5, 0.6) is 0 Å². The Kier molecular flexibility index (Phi) is 4.43. The third-order valence-electron chi connectivity index (χ3n) is 4.96. The molecule has 1 amide bonds. The Balaban J connectivity index is 1.59. The molecule has 1 saturated heterocycles. The quantitative estimate of drug-likeness (QED) is 0.793. The number of aryl methyl sites for hydroxylation is 1. The molecule has 4 rings (SSSR count). The molecule has 1 aliphatic carbocycles. The predicted octanol–water partition coefficient (Wildman–Crippen LogP) is 3.44. The van der Waals surface area contributed by atoms with Crippen LogP contribution in [0.15, 0.2) is 28.7 Å². The van der Waals surface area contributed by atoms with Crippen LogP contribution in [0.2, 0.25) is 0 Å². The molecule has 2 aliphatic rings. The molecule has 1 unspecified atom stereocenters. The van der Waals surface area contributed by atoms with Crippen LogP contribution in [0.25, 0.3) is 0 Å². The Morgan fingerprint density at radius 1 is 1.27 bits per heavy atom. The van der Waals surface area contributed by atoms with Gasteiger partial charge in [0.1, 0.15) is 0 Å². The first-order valence-electron chi connectivity index (χ1n) is 8.70. The molecule has 0 spiro atoms. The second-order valence-electron chi connectivity index (χ2n) is 7.15. The molecule has 138 valence electrons. The lowest BCUT2D eigenvalue weighted by atomic mass is 10.2. The van der Waals surface area contributed by atoms with E-state index in [0.717, 1.165) is 28.6 Å². The zero-order valence-corrected chi connectivity index (χ0v) is 16.8. The molecule has 2 aromatic rings. The molecular weight excluding hydrogens is 418 g/mol. The summed E-state index contributed by atoms with van der Waals surface area (Å²) >= 11 is 3.45. The molecule has 1 aliphatic heterocycles. The first kappa shape index (κ1) is 17.7. The van der Waals surface area contributed by atoms with E-state index in [1.807, 2.05) is 31.2 Å². The summed E-state index contributed by atoms with van der Waals surface area (Å²) in [7, 11) is -3.00. The second-order valence-corrected chi connectivity index (χ2v) is 10.2. The molecular formula is C18H20BrN3O3S. The van der Waals surface area contributed by atoms with E-state index < -0.39 is 9.84 Å². The van der Waals surface area contributed by atoms with Crippen LogP contribution in [-0.4, -0.2) is 35.6 Å². The predicted molar refractivity (Wildman–Crippen MR) is 103 cm³/mol. The highest BCUT2D eigenvalue weighted by molar-refractivity contribution is 9.10. The fraction of sp³-hybridized carbons (Fsp3) is 0.444. The molecule has 1 atom stereocenters. The van der Waals surface area contributed by atoms with E-state index in [0.29, 0.717) is 23.7 Å². The zero-order chi connectivity index (χ0) is 18.5. The van der Waals surface area contributed by atoms with Gasteiger partial charge in [-0.2, -0.15) is 5.10 Å². The van der Waals surface area contributed by atoms with E-state index in [-0.39, 0.29) is 23.5 Å². The van der Waals surface area contributed by atoms with Crippen LogP contribution in [0.1, 0.15) is 53.0 Å². The molecule has 2 fully saturated rings. The average Bonchev–Trinajstić information content (AvgIpc) is 3.22. The van der Waals surface area contributed by atoms with Crippen molar-refractivity contribution >= 4 is 37.4 Å². The third-order valence-corrected chi connectivity index (χ3v) is 7.60. The van der Waals surface area contributed by atoms with Gasteiger partial charge in [0.2, 0.25) is 0 Å². The topological polar surface area (TPSA) is 81.1 Å². The number of sulfone groups is 1. The fourth-order valence-corrected chi connectivity index (χ4v) is 5.32. The molecule has 26 heavy (non-hydrogen) atoms. The van der Waals surface area contributed by atoms with Gasteiger partial charge in [-0.05, 0) is 56.0 Å². The van der Waals surface area contributed by atoms with E-state index in [2.05, 4.69) is 26.3 Å². The number of carbonyl (C=O) groups is 1. The highest BCUT2D eigenvalue weighted by atomic mass is 79.9. The second kappa shape index (κ2) is 6.49. The van der Waals surface area contributed by atoms with Crippen LogP contribution >= 0.6 is 15.9 Å². The minimum Gasteiger partial charge on any atom is -0.321 e. The van der Waals surface area contributed by atoms with E-state index in [4.69, 9.17) is 0 Å². The Morgan fingerprint density at radius 3 is 2.65 bits per heavy atom. The van der Waals surface area contributed by atoms with Crippen molar-refractivity contribution in [2.75, 3.05) is 16.8 Å². The van der Waals surface area contributed by atoms with E-state index in [9.17, 15) is 13.2 Å². The van der Waals surface area contributed by atoms with Crippen LogP contribution in [0, 0.1) is 6.92 Å². The van der Waals surface area contributed by atoms with E-state index in [1.165, 1.54) is 0 Å². The van der Waals surface area contributed by atoms with Crippen LogP contribution in [0.3, 0.4) is 0 Å². The molecule has 1 saturated carbocycles. The third kappa shape index (κ3) is 3.57. The summed E-state index contributed by atoms with van der Waals surface area (Å²) in [5.74, 6) is 0.429. The fourth-order valence-electron chi connectivity index (χ4n) is 3.38. The summed E-state index contributed by atoms with van der Waals surface area (Å²) in [6.45, 7) is 1.96. The summed E-state index contributed by atoms with van der Waals surface area (Å²) in [5.41, 5.74) is 3.07. The first-order valence-corrected chi connectivity index (χ1v) is 11.3. The van der Waals surface area contributed by atoms with Gasteiger partial charge in [0.15, 0.2) is 15.5 Å². The standard InChI is InChI=1S/C18H20BrN3O3S/c1-11-8-13(4-5-15(11)19)20-18(23)16-9-17(12-2-3-12)22(21-16)14-6-7-26(24,25)10-14/h4-5,8-9,12,14H,2-3,6-7,10H2,1H3,(H,20,23). The van der Waals surface area contributed by atoms with Crippen molar-refractivity contribution in [3.05, 3.63) is 45.7 Å². The van der Waals surface area contributed by atoms with Gasteiger partial charge in [0.25, 0.3) is 5.91 Å². The van der Waals surface area contributed by atoms with Gasteiger partial charge < -0.3 is 5.32 Å². The summed E-state index contributed by atoms with van der Waals surface area (Å²) in [4.78, 5) is 12.6. The highest BCUT2D eigenvalue weighted by Gasteiger charge is 2.36. The van der Waals surface area contributed by atoms with Gasteiger partial charge in [-0.3, -0.25) is 9.48 Å². The van der Waals surface area contributed by atoms with Crippen molar-refractivity contribution in [3.63, 3.8) is 0 Å². The Bertz CT molecular complexity index is 980. The Hall–Kier alpha value is -1.67. The maximum atomic E-state index is 12.6. The molecule has 0 radical (unpaired) electrons. The summed E-state index contributed by atoms with van der Waals surface area (Å²) in [6, 6.07) is 7.28. The van der Waals surface area contributed by atoms with Gasteiger partial charge in [-0.25, -0.2) is 8.42 Å². The van der Waals surface area contributed by atoms with Gasteiger partial charge in [-0.1, -0.05) is 15.9 Å². The molecule has 0 bridgehead atoms. The van der Waals surface area contributed by atoms with Crippen molar-refractivity contribution in [3.8, 4) is 0 Å². The number of aromatic nitrogens is 2. The van der Waals surface area contributed by atoms with Crippen LogP contribution in [-0.2, 0) is 9.84 Å². The van der Waals surface area contributed by atoms with Crippen LogP contribution in [0.4, 0.5) is 5.69 Å². The maximum Gasteiger partial charge on any atom is 0.276 e. The SMILES string of the molecule is Cc1cc(NC(=O)c2cc(C3CC3)n(C3CCS(=O)(=O)C3)n2)ccc1Br. The van der Waals surface area contributed by atoms with Gasteiger partial charge in [0, 0.05) is 21.8 Å². The number of nitrogens with one attached hydrogen (secondary N) is 1. The number of hydrogen-bond donors (Lipinski definition) is 1. The lowest BCUT2D eigenvalue weighted by molar-refractivity contribution is 0.102. The first-order chi connectivity index (χ1) is 12.3. The van der Waals surface area contributed by atoms with Gasteiger partial charge in [-0.15, -0.1) is 0 Å². The van der Waals surface area contributed by atoms with Crippen molar-refractivity contribution in [2.24, 2.45) is 0 Å². The normalized spacial score (nSPS) is 21.7. The summed E-state index contributed by atoms with van der Waals surface area (Å²) in [6.07, 6.45) is 2.70. The number of benzene rings is 1. The molecule has 6 nitrogen and oxygen atoms in total. The average molecular weight is 438 g/mol. The van der Waals surface area contributed by atoms with Crippen molar-refractivity contribution in [1.82, 2.24) is 9.78 Å². The van der Waals surface area contributed by atoms with Crippen molar-refractivity contribution < 1.29 is 13.2 Å². The lowest BCUT2D eigenvalue weighted by Crippen LogP contribution is -2.17. The number of hydrogen-bond acceptors (Lipinski definition) is 4. The monoisotopic (exact) mass is 437 g/mol. The number of carbonyl (C=O) groups excluding carboxylic acids is 1. The number of anilines is 1. The lowest BCUT2D eigenvalue weighted by Gasteiger charge is -2.12. The molecule has 1 aromatic carbocycles. The van der Waals surface area contributed by atoms with Crippen molar-refractivity contribution in [2.45, 2.75) is 38.1 Å². The Morgan fingerprint density at radius 2 is 2.04 bits per heavy atom. The van der Waals surface area contributed by atoms with Crippen LogP contribution < -0.4 is 5.32 Å². The molecule has 2 heterocycles. The smallest absolute Gasteiger partial charge is 0.276 e. The minimum absolute atomic E-state index is 0.112. The largest absolute Gasteiger partial charge is 0.321 e. The van der Waals surface area contributed by atoms with E-state index in [1.54, 1.807) is 4.68 Å². The molecule has 1 aromatic heterocycles.